The highest BCUT2D eigenvalue weighted by molar-refractivity contribution is 6.05. The zero-order chi connectivity index (χ0) is 43.2. The van der Waals surface area contributed by atoms with Gasteiger partial charge in [0.15, 0.2) is 5.82 Å². The third-order valence-corrected chi connectivity index (χ3v) is 13.1. The zero-order valence-corrected chi connectivity index (χ0v) is 35.5. The molecule has 0 unspecified atom stereocenters. The minimum absolute atomic E-state index is 0.461. The van der Waals surface area contributed by atoms with Crippen LogP contribution in [0.15, 0.2) is 249 Å². The number of aromatic nitrogens is 3. The van der Waals surface area contributed by atoms with Crippen LogP contribution < -0.4 is 0 Å². The Morgan fingerprint density at radius 3 is 1.57 bits per heavy atom. The van der Waals surface area contributed by atoms with Crippen molar-refractivity contribution >= 4 is 10.8 Å². The molecule has 0 radical (unpaired) electrons. The molecule has 0 spiro atoms. The van der Waals surface area contributed by atoms with Gasteiger partial charge in [0.05, 0.1) is 16.8 Å². The molecule has 0 aliphatic heterocycles. The standard InChI is InChI=1S/C62H41N3/c1-4-18-42(19-5-1)61-64-58(46-23-14-20-43(38-46)47-24-17-37-63-41-47)40-59(65-61)54-36-35-50(52-29-10-11-30-53(52)54)44-21-15-22-45(39-44)51-32-16-34-57-60(51)55-31-12-13-33-56(55)62(57,48-25-6-2-7-26-48)49-27-8-3-9-28-49/h1-41H. The van der Waals surface area contributed by atoms with Gasteiger partial charge in [-0.3, -0.25) is 4.98 Å². The fourth-order valence-electron chi connectivity index (χ4n) is 10.2. The summed E-state index contributed by atoms with van der Waals surface area (Å²) in [7, 11) is 0. The predicted octanol–water partition coefficient (Wildman–Crippen LogP) is 15.4. The first-order valence-corrected chi connectivity index (χ1v) is 22.2. The van der Waals surface area contributed by atoms with Gasteiger partial charge in [-0.05, 0) is 96.2 Å². The quantitative estimate of drug-likeness (QED) is 0.153. The van der Waals surface area contributed by atoms with E-state index in [0.717, 1.165) is 55.5 Å². The van der Waals surface area contributed by atoms with Crippen LogP contribution in [0.25, 0.3) is 89.2 Å². The van der Waals surface area contributed by atoms with Gasteiger partial charge in [0.2, 0.25) is 0 Å². The Morgan fingerprint density at radius 2 is 0.831 bits per heavy atom. The van der Waals surface area contributed by atoms with Gasteiger partial charge in [-0.1, -0.05) is 212 Å². The fourth-order valence-corrected chi connectivity index (χ4v) is 10.2. The van der Waals surface area contributed by atoms with E-state index in [2.05, 4.69) is 217 Å². The van der Waals surface area contributed by atoms with Crippen molar-refractivity contribution in [3.8, 4) is 78.4 Å². The Labute approximate surface area is 379 Å². The van der Waals surface area contributed by atoms with Crippen LogP contribution in [0.2, 0.25) is 0 Å². The molecule has 0 saturated carbocycles. The number of hydrogen-bond donors (Lipinski definition) is 0. The Kier molecular flexibility index (Phi) is 9.39. The number of pyridine rings is 1. The van der Waals surface area contributed by atoms with Crippen LogP contribution in [0.4, 0.5) is 0 Å². The van der Waals surface area contributed by atoms with Gasteiger partial charge < -0.3 is 0 Å². The van der Waals surface area contributed by atoms with Gasteiger partial charge in [-0.15, -0.1) is 0 Å². The van der Waals surface area contributed by atoms with Crippen LogP contribution in [-0.2, 0) is 5.41 Å². The summed E-state index contributed by atoms with van der Waals surface area (Å²) in [6.45, 7) is 0. The molecule has 0 fully saturated rings. The Hall–Kier alpha value is -8.53. The van der Waals surface area contributed by atoms with Crippen molar-refractivity contribution in [2.75, 3.05) is 0 Å². The van der Waals surface area contributed by atoms with Crippen LogP contribution in [0.3, 0.4) is 0 Å². The fraction of sp³-hybridized carbons (Fsp3) is 0.0161. The molecule has 0 bridgehead atoms. The molecule has 9 aromatic carbocycles. The molecule has 1 aliphatic carbocycles. The molecule has 1 aliphatic rings. The molecule has 0 saturated heterocycles. The molecule has 12 rings (SSSR count). The second-order valence-electron chi connectivity index (χ2n) is 16.7. The molecule has 304 valence electrons. The first-order valence-electron chi connectivity index (χ1n) is 22.2. The first kappa shape index (κ1) is 38.2. The molecule has 2 heterocycles. The van der Waals surface area contributed by atoms with Gasteiger partial charge in [0.25, 0.3) is 0 Å². The van der Waals surface area contributed by atoms with E-state index in [-0.39, 0.29) is 0 Å². The van der Waals surface area contributed by atoms with Crippen molar-refractivity contribution in [2.24, 2.45) is 0 Å². The number of fused-ring (bicyclic) bond motifs is 4. The summed E-state index contributed by atoms with van der Waals surface area (Å²) in [5, 5.41) is 2.30. The highest BCUT2D eigenvalue weighted by Crippen LogP contribution is 2.58. The van der Waals surface area contributed by atoms with Crippen molar-refractivity contribution in [1.29, 1.82) is 0 Å². The lowest BCUT2D eigenvalue weighted by molar-refractivity contribution is 0.768. The summed E-state index contributed by atoms with van der Waals surface area (Å²) in [6, 6.07) is 85.2. The van der Waals surface area contributed by atoms with Crippen LogP contribution >= 0.6 is 0 Å². The van der Waals surface area contributed by atoms with Gasteiger partial charge in [-0.2, -0.15) is 0 Å². The molecule has 0 atom stereocenters. The second-order valence-corrected chi connectivity index (χ2v) is 16.7. The Bertz CT molecular complexity index is 3490. The largest absolute Gasteiger partial charge is 0.264 e. The highest BCUT2D eigenvalue weighted by Gasteiger charge is 2.46. The molecule has 3 heteroatoms. The van der Waals surface area contributed by atoms with E-state index in [0.29, 0.717) is 5.82 Å². The topological polar surface area (TPSA) is 38.7 Å². The summed E-state index contributed by atoms with van der Waals surface area (Å²) < 4.78 is 0. The molecule has 0 N–H and O–H groups in total. The summed E-state index contributed by atoms with van der Waals surface area (Å²) in [6.07, 6.45) is 3.70. The Morgan fingerprint density at radius 1 is 0.308 bits per heavy atom. The highest BCUT2D eigenvalue weighted by atomic mass is 14.9. The number of hydrogen-bond acceptors (Lipinski definition) is 3. The molecular formula is C62H41N3. The smallest absolute Gasteiger partial charge is 0.160 e. The number of benzene rings is 9. The number of rotatable bonds is 8. The van der Waals surface area contributed by atoms with E-state index in [9.17, 15) is 0 Å². The van der Waals surface area contributed by atoms with E-state index < -0.39 is 5.41 Å². The third kappa shape index (κ3) is 6.48. The molecule has 2 aromatic heterocycles. The van der Waals surface area contributed by atoms with Crippen LogP contribution in [-0.4, -0.2) is 15.0 Å². The zero-order valence-electron chi connectivity index (χ0n) is 35.5. The SMILES string of the molecule is c1ccc(-c2nc(-c3cccc(-c4cccnc4)c3)cc(-c3ccc(-c4cccc(-c5cccc6c5-c5ccccc5C6(c5ccccc5)c5ccccc5)c4)c4ccccc34)n2)cc1. The summed E-state index contributed by atoms with van der Waals surface area (Å²) in [5.74, 6) is 0.686. The van der Waals surface area contributed by atoms with Crippen molar-refractivity contribution in [1.82, 2.24) is 15.0 Å². The predicted molar refractivity (Wildman–Crippen MR) is 267 cm³/mol. The lowest BCUT2D eigenvalue weighted by Gasteiger charge is -2.34. The van der Waals surface area contributed by atoms with E-state index in [1.165, 1.54) is 50.1 Å². The van der Waals surface area contributed by atoms with Crippen molar-refractivity contribution in [3.63, 3.8) is 0 Å². The lowest BCUT2D eigenvalue weighted by Crippen LogP contribution is -2.28. The molecule has 0 amide bonds. The van der Waals surface area contributed by atoms with E-state index in [1.807, 2.05) is 30.5 Å². The summed E-state index contributed by atoms with van der Waals surface area (Å²) in [5.41, 5.74) is 18.9. The first-order chi connectivity index (χ1) is 32.2. The average molecular weight is 828 g/mol. The second kappa shape index (κ2) is 16.0. The maximum atomic E-state index is 5.27. The van der Waals surface area contributed by atoms with Gasteiger partial charge in [-0.25, -0.2) is 9.97 Å². The maximum Gasteiger partial charge on any atom is 0.160 e. The third-order valence-electron chi connectivity index (χ3n) is 13.1. The van der Waals surface area contributed by atoms with Gasteiger partial charge in [0, 0.05) is 34.6 Å². The van der Waals surface area contributed by atoms with Crippen LogP contribution in [0.1, 0.15) is 22.3 Å². The molecule has 11 aromatic rings. The normalized spacial score (nSPS) is 12.4. The minimum atomic E-state index is -0.461. The monoisotopic (exact) mass is 827 g/mol. The number of nitrogens with zero attached hydrogens (tertiary/aromatic N) is 3. The molecular weight excluding hydrogens is 787 g/mol. The van der Waals surface area contributed by atoms with Gasteiger partial charge in [0.1, 0.15) is 0 Å². The molecule has 3 nitrogen and oxygen atoms in total. The van der Waals surface area contributed by atoms with Gasteiger partial charge >= 0.3 is 0 Å². The lowest BCUT2D eigenvalue weighted by atomic mass is 9.67. The van der Waals surface area contributed by atoms with Crippen LogP contribution in [0.5, 0.6) is 0 Å². The van der Waals surface area contributed by atoms with Crippen molar-refractivity contribution in [2.45, 2.75) is 5.41 Å². The average Bonchev–Trinajstić information content (AvgIpc) is 3.70. The summed E-state index contributed by atoms with van der Waals surface area (Å²) >= 11 is 0. The van der Waals surface area contributed by atoms with E-state index >= 15 is 0 Å². The van der Waals surface area contributed by atoms with Crippen LogP contribution in [0, 0.1) is 0 Å². The molecule has 65 heavy (non-hydrogen) atoms. The van der Waals surface area contributed by atoms with E-state index in [1.54, 1.807) is 6.20 Å². The minimum Gasteiger partial charge on any atom is -0.264 e. The summed E-state index contributed by atoms with van der Waals surface area (Å²) in [4.78, 5) is 14.8. The maximum absolute atomic E-state index is 5.27. The Balaban J connectivity index is 1.00. The van der Waals surface area contributed by atoms with Crippen molar-refractivity contribution in [3.05, 3.63) is 271 Å². The van der Waals surface area contributed by atoms with Crippen molar-refractivity contribution < 1.29 is 0 Å². The van der Waals surface area contributed by atoms with E-state index in [4.69, 9.17) is 9.97 Å².